The van der Waals surface area contributed by atoms with Gasteiger partial charge in [-0.05, 0) is 18.4 Å². The van der Waals surface area contributed by atoms with Crippen LogP contribution in [-0.4, -0.2) is 17.1 Å². The van der Waals surface area contributed by atoms with Gasteiger partial charge in [0.1, 0.15) is 6.04 Å². The number of aryl methyl sites for hydroxylation is 1. The summed E-state index contributed by atoms with van der Waals surface area (Å²) in [5, 5.41) is 11.5. The van der Waals surface area contributed by atoms with Crippen LogP contribution in [0.4, 0.5) is 0 Å². The number of hydrogen-bond donors (Lipinski definition) is 2. The molecule has 1 aromatic carbocycles. The molecule has 0 aliphatic rings. The largest absolute Gasteiger partial charge is 0.480 e. The quantitative estimate of drug-likeness (QED) is 0.725. The fourth-order valence-corrected chi connectivity index (χ4v) is 1.54. The second-order valence-electron chi connectivity index (χ2n) is 3.08. The van der Waals surface area contributed by atoms with E-state index in [-0.39, 0.29) is 0 Å². The maximum absolute atomic E-state index is 10.7. The Hall–Kier alpha value is -0.920. The van der Waals surface area contributed by atoms with Crippen molar-refractivity contribution >= 4 is 15.4 Å². The van der Waals surface area contributed by atoms with E-state index in [0.717, 1.165) is 6.42 Å². The third-order valence-corrected chi connectivity index (χ3v) is 2.47. The molecule has 0 heterocycles. The van der Waals surface area contributed by atoms with Crippen molar-refractivity contribution < 1.29 is 9.90 Å². The number of benzene rings is 1. The maximum atomic E-state index is 10.7. The molecule has 1 unspecified atom stereocenters. The first-order valence-electron chi connectivity index (χ1n) is 4.47. The lowest BCUT2D eigenvalue weighted by Gasteiger charge is -2.10. The number of carboxylic acids is 1. The van der Waals surface area contributed by atoms with Crippen LogP contribution in [0.2, 0.25) is 0 Å². The maximum Gasteiger partial charge on any atom is 0.320 e. The lowest BCUT2D eigenvalue weighted by molar-refractivity contribution is -0.139. The van der Waals surface area contributed by atoms with E-state index in [0.29, 0.717) is 6.42 Å². The summed E-state index contributed by atoms with van der Waals surface area (Å²) in [4.78, 5) is 10.7. The molecule has 0 spiro atoms. The molecule has 0 bridgehead atoms. The minimum atomic E-state index is -0.809. The van der Waals surface area contributed by atoms with Gasteiger partial charge in [-0.25, -0.2) is 0 Å². The van der Waals surface area contributed by atoms with Crippen LogP contribution in [0.3, 0.4) is 0 Å². The van der Waals surface area contributed by atoms with Gasteiger partial charge >= 0.3 is 5.97 Å². The van der Waals surface area contributed by atoms with Gasteiger partial charge in [-0.1, -0.05) is 39.7 Å². The molecule has 0 aliphatic carbocycles. The van der Waals surface area contributed by atoms with Gasteiger partial charge in [-0.15, -0.1) is 0 Å². The standard InChI is InChI=1S/C10H14NO2P/c12-10(13)9(11-14)7-6-8-4-2-1-3-5-8/h1-5,9,11H,6-7,14H2,(H,12,13)/t9-/m0/s1. The number of aliphatic carboxylic acids is 1. The summed E-state index contributed by atoms with van der Waals surface area (Å²) >= 11 is 0. The van der Waals surface area contributed by atoms with Gasteiger partial charge in [0, 0.05) is 0 Å². The first-order chi connectivity index (χ1) is 6.74. The van der Waals surface area contributed by atoms with Crippen LogP contribution in [0.15, 0.2) is 30.3 Å². The summed E-state index contributed by atoms with van der Waals surface area (Å²) in [6, 6.07) is 9.38. The molecule has 0 saturated heterocycles. The van der Waals surface area contributed by atoms with Gasteiger partial charge in [-0.3, -0.25) is 9.88 Å². The average Bonchev–Trinajstić information content (AvgIpc) is 2.20. The van der Waals surface area contributed by atoms with Crippen molar-refractivity contribution in [2.45, 2.75) is 18.9 Å². The highest BCUT2D eigenvalue weighted by molar-refractivity contribution is 7.13. The summed E-state index contributed by atoms with van der Waals surface area (Å²) in [5.74, 6) is -0.809. The Morgan fingerprint density at radius 1 is 1.43 bits per heavy atom. The molecule has 0 fully saturated rings. The zero-order valence-electron chi connectivity index (χ0n) is 7.81. The minimum absolute atomic E-state index is 0.486. The molecule has 0 aromatic heterocycles. The van der Waals surface area contributed by atoms with Crippen molar-refractivity contribution in [2.75, 3.05) is 0 Å². The molecular formula is C10H14NO2P. The molecule has 14 heavy (non-hydrogen) atoms. The Balaban J connectivity index is 2.44. The number of nitrogens with one attached hydrogen (secondary N) is 1. The van der Waals surface area contributed by atoms with Crippen molar-refractivity contribution in [3.63, 3.8) is 0 Å². The fraction of sp³-hybridized carbons (Fsp3) is 0.300. The van der Waals surface area contributed by atoms with Gasteiger partial charge in [0.2, 0.25) is 0 Å². The number of carbonyl (C=O) groups is 1. The fourth-order valence-electron chi connectivity index (χ4n) is 1.23. The average molecular weight is 211 g/mol. The van der Waals surface area contributed by atoms with Gasteiger partial charge in [-0.2, -0.15) is 0 Å². The molecule has 0 radical (unpaired) electrons. The van der Waals surface area contributed by atoms with Crippen LogP contribution in [-0.2, 0) is 11.2 Å². The third kappa shape index (κ3) is 3.44. The Bertz CT molecular complexity index is 289. The summed E-state index contributed by atoms with van der Waals surface area (Å²) < 4.78 is 0. The van der Waals surface area contributed by atoms with Crippen molar-refractivity contribution in [1.82, 2.24) is 5.09 Å². The Kier molecular flexibility index (Phi) is 4.57. The normalized spacial score (nSPS) is 12.4. The first kappa shape index (κ1) is 11.2. The lowest BCUT2D eigenvalue weighted by Crippen LogP contribution is -2.30. The molecule has 2 atom stereocenters. The first-order valence-corrected chi connectivity index (χ1v) is 5.04. The molecule has 1 aromatic rings. The van der Waals surface area contributed by atoms with E-state index in [1.807, 2.05) is 30.3 Å². The van der Waals surface area contributed by atoms with Crippen molar-refractivity contribution in [2.24, 2.45) is 0 Å². The topological polar surface area (TPSA) is 49.3 Å². The van der Waals surface area contributed by atoms with Gasteiger partial charge < -0.3 is 5.11 Å². The van der Waals surface area contributed by atoms with Crippen molar-refractivity contribution in [1.29, 1.82) is 0 Å². The Morgan fingerprint density at radius 3 is 2.57 bits per heavy atom. The smallest absolute Gasteiger partial charge is 0.320 e. The van der Waals surface area contributed by atoms with E-state index in [2.05, 4.69) is 14.5 Å². The molecule has 1 rings (SSSR count). The van der Waals surface area contributed by atoms with Gasteiger partial charge in [0.05, 0.1) is 0 Å². The SMILES string of the molecule is O=C(O)[C@H](CCc1ccccc1)NP. The molecule has 3 nitrogen and oxygen atoms in total. The molecule has 0 amide bonds. The number of rotatable bonds is 5. The highest BCUT2D eigenvalue weighted by Crippen LogP contribution is 2.05. The van der Waals surface area contributed by atoms with E-state index in [1.54, 1.807) is 0 Å². The number of hydrogen-bond acceptors (Lipinski definition) is 2. The predicted molar refractivity (Wildman–Crippen MR) is 59.0 cm³/mol. The zero-order valence-corrected chi connectivity index (χ0v) is 8.97. The van der Waals surface area contributed by atoms with Crippen molar-refractivity contribution in [3.05, 3.63) is 35.9 Å². The van der Waals surface area contributed by atoms with E-state index < -0.39 is 12.0 Å². The van der Waals surface area contributed by atoms with Crippen molar-refractivity contribution in [3.8, 4) is 0 Å². The Labute approximate surface area is 85.8 Å². The third-order valence-electron chi connectivity index (χ3n) is 2.06. The highest BCUT2D eigenvalue weighted by Gasteiger charge is 2.13. The Morgan fingerprint density at radius 2 is 2.07 bits per heavy atom. The van der Waals surface area contributed by atoms with Crippen LogP contribution >= 0.6 is 9.39 Å². The minimum Gasteiger partial charge on any atom is -0.480 e. The van der Waals surface area contributed by atoms with E-state index in [4.69, 9.17) is 5.11 Å². The molecule has 2 N–H and O–H groups in total. The van der Waals surface area contributed by atoms with Crippen LogP contribution in [0.25, 0.3) is 0 Å². The van der Waals surface area contributed by atoms with E-state index in [9.17, 15) is 4.79 Å². The second kappa shape index (κ2) is 5.74. The zero-order chi connectivity index (χ0) is 10.4. The molecule has 76 valence electrons. The van der Waals surface area contributed by atoms with E-state index >= 15 is 0 Å². The highest BCUT2D eigenvalue weighted by atomic mass is 31.0. The summed E-state index contributed by atoms with van der Waals surface area (Å²) in [6.45, 7) is 0. The van der Waals surface area contributed by atoms with Crippen LogP contribution in [0.5, 0.6) is 0 Å². The summed E-state index contributed by atoms with van der Waals surface area (Å²) in [6.07, 6.45) is 1.38. The summed E-state index contributed by atoms with van der Waals surface area (Å²) in [7, 11) is 2.24. The molecular weight excluding hydrogens is 197 g/mol. The lowest BCUT2D eigenvalue weighted by atomic mass is 10.1. The second-order valence-corrected chi connectivity index (χ2v) is 3.42. The van der Waals surface area contributed by atoms with Crippen LogP contribution in [0, 0.1) is 0 Å². The summed E-state index contributed by atoms with van der Waals surface area (Å²) in [5.41, 5.74) is 1.17. The van der Waals surface area contributed by atoms with Gasteiger partial charge in [0.25, 0.3) is 0 Å². The predicted octanol–water partition coefficient (Wildman–Crippen LogP) is 1.45. The number of carboxylic acid groups (broad SMARTS) is 1. The van der Waals surface area contributed by atoms with E-state index in [1.165, 1.54) is 5.56 Å². The van der Waals surface area contributed by atoms with Crippen LogP contribution in [0.1, 0.15) is 12.0 Å². The van der Waals surface area contributed by atoms with Gasteiger partial charge in [0.15, 0.2) is 0 Å². The molecule has 0 saturated carbocycles. The molecule has 4 heteroatoms. The van der Waals surface area contributed by atoms with Crippen LogP contribution < -0.4 is 5.09 Å². The molecule has 0 aliphatic heterocycles. The monoisotopic (exact) mass is 211 g/mol.